The fraction of sp³-hybridized carbons (Fsp3) is 0.125. The first-order valence-corrected chi connectivity index (χ1v) is 7.83. The summed E-state index contributed by atoms with van der Waals surface area (Å²) in [5, 5.41) is 0. The molecule has 0 amide bonds. The Hall–Kier alpha value is -2.27. The number of ether oxygens (including phenoxy) is 1. The van der Waals surface area contributed by atoms with Gasteiger partial charge < -0.3 is 4.74 Å². The summed E-state index contributed by atoms with van der Waals surface area (Å²) < 4.78 is 30.9. The Kier molecular flexibility index (Phi) is 4.65. The van der Waals surface area contributed by atoms with Gasteiger partial charge in [-0.25, -0.2) is 8.42 Å². The number of nitrogens with zero attached hydrogens (tertiary/aromatic N) is 1. The third-order valence-corrected chi connectivity index (χ3v) is 4.76. The van der Waals surface area contributed by atoms with E-state index in [1.165, 1.54) is 17.6 Å². The van der Waals surface area contributed by atoms with Crippen LogP contribution < -0.4 is 4.74 Å². The number of rotatable bonds is 5. The van der Waals surface area contributed by atoms with Gasteiger partial charge in [0, 0.05) is 13.2 Å². The quantitative estimate of drug-likeness (QED) is 0.853. The molecule has 2 rings (SSSR count). The molecule has 0 N–H and O–H groups in total. The number of hydrogen-bond donors (Lipinski definition) is 0. The molecule has 0 atom stereocenters. The van der Waals surface area contributed by atoms with Crippen LogP contribution in [0.3, 0.4) is 0 Å². The first kappa shape index (κ1) is 15.1. The lowest BCUT2D eigenvalue weighted by atomic mass is 10.2. The van der Waals surface area contributed by atoms with Crippen LogP contribution >= 0.6 is 0 Å². The maximum atomic E-state index is 12.3. The standard InChI is InChI=1S/C16H17NO3S/c1-17(21(18,19)16-6-4-3-5-7-16)13-12-14-8-10-15(20-2)11-9-14/h3-13H,1-2H3. The Morgan fingerprint density at radius 1 is 1.00 bits per heavy atom. The molecule has 0 unspecified atom stereocenters. The first-order chi connectivity index (χ1) is 10.0. The summed E-state index contributed by atoms with van der Waals surface area (Å²) in [7, 11) is -0.382. The molecule has 0 aromatic heterocycles. The number of benzene rings is 2. The molecule has 4 nitrogen and oxygen atoms in total. The van der Waals surface area contributed by atoms with E-state index in [0.29, 0.717) is 0 Å². The van der Waals surface area contributed by atoms with Crippen molar-refractivity contribution in [2.24, 2.45) is 0 Å². The van der Waals surface area contributed by atoms with Gasteiger partial charge in [-0.1, -0.05) is 30.3 Å². The van der Waals surface area contributed by atoms with Crippen LogP contribution in [0.25, 0.3) is 6.08 Å². The van der Waals surface area contributed by atoms with Crippen LogP contribution in [-0.2, 0) is 10.0 Å². The molecular formula is C16H17NO3S. The predicted octanol–water partition coefficient (Wildman–Crippen LogP) is 2.99. The third kappa shape index (κ3) is 3.64. The Balaban J connectivity index is 2.16. The van der Waals surface area contributed by atoms with E-state index >= 15 is 0 Å². The van der Waals surface area contributed by atoms with Gasteiger partial charge in [-0.2, -0.15) is 0 Å². The van der Waals surface area contributed by atoms with E-state index in [-0.39, 0.29) is 4.90 Å². The van der Waals surface area contributed by atoms with Crippen molar-refractivity contribution in [3.63, 3.8) is 0 Å². The van der Waals surface area contributed by atoms with Gasteiger partial charge in [0.15, 0.2) is 0 Å². The number of methoxy groups -OCH3 is 1. The monoisotopic (exact) mass is 303 g/mol. The molecular weight excluding hydrogens is 286 g/mol. The molecule has 0 bridgehead atoms. The van der Waals surface area contributed by atoms with Crippen molar-refractivity contribution >= 4 is 16.1 Å². The summed E-state index contributed by atoms with van der Waals surface area (Å²) in [6.45, 7) is 0. The van der Waals surface area contributed by atoms with E-state index in [4.69, 9.17) is 4.74 Å². The molecule has 0 saturated carbocycles. The zero-order valence-electron chi connectivity index (χ0n) is 11.9. The minimum Gasteiger partial charge on any atom is -0.497 e. The summed E-state index contributed by atoms with van der Waals surface area (Å²) in [4.78, 5) is 0.270. The van der Waals surface area contributed by atoms with Crippen molar-refractivity contribution in [1.29, 1.82) is 0 Å². The highest BCUT2D eigenvalue weighted by molar-refractivity contribution is 7.89. The largest absolute Gasteiger partial charge is 0.497 e. The van der Waals surface area contributed by atoms with Gasteiger partial charge in [-0.05, 0) is 35.9 Å². The molecule has 0 aliphatic rings. The van der Waals surface area contributed by atoms with Crippen LogP contribution in [0.1, 0.15) is 5.56 Å². The lowest BCUT2D eigenvalue weighted by Crippen LogP contribution is -2.21. The molecule has 2 aromatic carbocycles. The average molecular weight is 303 g/mol. The second-order valence-electron chi connectivity index (χ2n) is 4.42. The number of sulfonamides is 1. The van der Waals surface area contributed by atoms with E-state index < -0.39 is 10.0 Å². The van der Waals surface area contributed by atoms with Crippen molar-refractivity contribution < 1.29 is 13.2 Å². The normalized spacial score (nSPS) is 11.5. The molecule has 0 heterocycles. The maximum absolute atomic E-state index is 12.3. The topological polar surface area (TPSA) is 46.6 Å². The summed E-state index contributed by atoms with van der Waals surface area (Å²) in [5.41, 5.74) is 0.894. The molecule has 0 aliphatic carbocycles. The highest BCUT2D eigenvalue weighted by Crippen LogP contribution is 2.16. The van der Waals surface area contributed by atoms with Crippen LogP contribution in [-0.4, -0.2) is 26.9 Å². The molecule has 2 aromatic rings. The lowest BCUT2D eigenvalue weighted by Gasteiger charge is -2.14. The average Bonchev–Trinajstić information content (AvgIpc) is 2.53. The minimum atomic E-state index is -3.50. The minimum absolute atomic E-state index is 0.270. The summed E-state index contributed by atoms with van der Waals surface area (Å²) in [6, 6.07) is 15.7. The van der Waals surface area contributed by atoms with Crippen molar-refractivity contribution in [2.75, 3.05) is 14.2 Å². The molecule has 0 aliphatic heterocycles. The summed E-state index contributed by atoms with van der Waals surface area (Å²) >= 11 is 0. The molecule has 0 saturated heterocycles. The van der Waals surface area contributed by atoms with Crippen molar-refractivity contribution in [1.82, 2.24) is 4.31 Å². The summed E-state index contributed by atoms with van der Waals surface area (Å²) in [5.74, 6) is 0.761. The second-order valence-corrected chi connectivity index (χ2v) is 6.42. The Morgan fingerprint density at radius 2 is 1.62 bits per heavy atom. The molecule has 110 valence electrons. The zero-order valence-corrected chi connectivity index (χ0v) is 12.7. The zero-order chi connectivity index (χ0) is 15.3. The SMILES string of the molecule is COc1ccc(C=CN(C)S(=O)(=O)c2ccccc2)cc1. The maximum Gasteiger partial charge on any atom is 0.263 e. The van der Waals surface area contributed by atoms with Crippen LogP contribution in [0, 0.1) is 0 Å². The second kappa shape index (κ2) is 6.45. The van der Waals surface area contributed by atoms with Crippen molar-refractivity contribution in [3.8, 4) is 5.75 Å². The van der Waals surface area contributed by atoms with Crippen LogP contribution in [0.5, 0.6) is 5.75 Å². The van der Waals surface area contributed by atoms with E-state index in [2.05, 4.69) is 0 Å². The van der Waals surface area contributed by atoms with Crippen LogP contribution in [0.4, 0.5) is 0 Å². The molecule has 0 spiro atoms. The van der Waals surface area contributed by atoms with Crippen LogP contribution in [0.2, 0.25) is 0 Å². The van der Waals surface area contributed by atoms with E-state index in [1.807, 2.05) is 24.3 Å². The lowest BCUT2D eigenvalue weighted by molar-refractivity contribution is 0.415. The van der Waals surface area contributed by atoms with E-state index in [1.54, 1.807) is 43.5 Å². The molecule has 0 fully saturated rings. The third-order valence-electron chi connectivity index (χ3n) is 3.01. The fourth-order valence-electron chi connectivity index (χ4n) is 1.74. The van der Waals surface area contributed by atoms with E-state index in [9.17, 15) is 8.42 Å². The summed E-state index contributed by atoms with van der Waals surface area (Å²) in [6.07, 6.45) is 3.27. The van der Waals surface area contributed by atoms with Gasteiger partial charge in [0.25, 0.3) is 10.0 Å². The van der Waals surface area contributed by atoms with Gasteiger partial charge in [0.05, 0.1) is 12.0 Å². The smallest absolute Gasteiger partial charge is 0.263 e. The van der Waals surface area contributed by atoms with Gasteiger partial charge in [0.1, 0.15) is 5.75 Å². The highest BCUT2D eigenvalue weighted by Gasteiger charge is 2.16. The Labute approximate surface area is 125 Å². The fourth-order valence-corrected chi connectivity index (χ4v) is 2.80. The first-order valence-electron chi connectivity index (χ1n) is 6.39. The molecule has 0 radical (unpaired) electrons. The van der Waals surface area contributed by atoms with Gasteiger partial charge in [-0.3, -0.25) is 4.31 Å². The Morgan fingerprint density at radius 3 is 2.19 bits per heavy atom. The Bertz CT molecular complexity index is 707. The van der Waals surface area contributed by atoms with Gasteiger partial charge >= 0.3 is 0 Å². The van der Waals surface area contributed by atoms with Crippen molar-refractivity contribution in [3.05, 3.63) is 66.4 Å². The predicted molar refractivity (Wildman–Crippen MR) is 83.4 cm³/mol. The van der Waals surface area contributed by atoms with E-state index in [0.717, 1.165) is 11.3 Å². The molecule has 21 heavy (non-hydrogen) atoms. The van der Waals surface area contributed by atoms with Crippen molar-refractivity contribution in [2.45, 2.75) is 4.90 Å². The number of hydrogen-bond acceptors (Lipinski definition) is 3. The molecule has 5 heteroatoms. The highest BCUT2D eigenvalue weighted by atomic mass is 32.2. The van der Waals surface area contributed by atoms with Crippen LogP contribution in [0.15, 0.2) is 65.7 Å². The van der Waals surface area contributed by atoms with Gasteiger partial charge in [0.2, 0.25) is 0 Å². The van der Waals surface area contributed by atoms with Gasteiger partial charge in [-0.15, -0.1) is 0 Å².